The Morgan fingerprint density at radius 3 is 2.79 bits per heavy atom. The molecular formula is C11H15N3. The van der Waals surface area contributed by atoms with Crippen LogP contribution in [0.15, 0.2) is 18.3 Å². The highest BCUT2D eigenvalue weighted by Crippen LogP contribution is 2.14. The number of aromatic nitrogens is 3. The van der Waals surface area contributed by atoms with Gasteiger partial charge in [-0.1, -0.05) is 26.8 Å². The van der Waals surface area contributed by atoms with E-state index in [1.165, 1.54) is 5.56 Å². The number of hydrogen-bond acceptors (Lipinski definition) is 2. The van der Waals surface area contributed by atoms with Crippen LogP contribution in [0.3, 0.4) is 0 Å². The number of hydrogen-bond donors (Lipinski definition) is 0. The van der Waals surface area contributed by atoms with Gasteiger partial charge in [-0.25, -0.2) is 9.50 Å². The van der Waals surface area contributed by atoms with E-state index in [0.29, 0.717) is 5.92 Å². The van der Waals surface area contributed by atoms with Gasteiger partial charge in [0.2, 0.25) is 0 Å². The van der Waals surface area contributed by atoms with Crippen molar-refractivity contribution in [2.75, 3.05) is 0 Å². The Morgan fingerprint density at radius 1 is 1.36 bits per heavy atom. The second-order valence-electron chi connectivity index (χ2n) is 3.80. The molecule has 3 nitrogen and oxygen atoms in total. The Balaban J connectivity index is 2.54. The topological polar surface area (TPSA) is 30.2 Å². The molecule has 0 bridgehead atoms. The van der Waals surface area contributed by atoms with Crippen LogP contribution >= 0.6 is 0 Å². The maximum atomic E-state index is 4.38. The Bertz CT molecular complexity index is 443. The fourth-order valence-corrected chi connectivity index (χ4v) is 1.44. The van der Waals surface area contributed by atoms with Crippen molar-refractivity contribution in [3.63, 3.8) is 0 Å². The average molecular weight is 189 g/mol. The second-order valence-corrected chi connectivity index (χ2v) is 3.80. The minimum Gasteiger partial charge on any atom is -0.221 e. The van der Waals surface area contributed by atoms with Gasteiger partial charge in [0.05, 0.1) is 0 Å². The van der Waals surface area contributed by atoms with Gasteiger partial charge >= 0.3 is 0 Å². The van der Waals surface area contributed by atoms with Crippen LogP contribution in [0.4, 0.5) is 0 Å². The van der Waals surface area contributed by atoms with Gasteiger partial charge in [-0.15, -0.1) is 0 Å². The molecule has 0 unspecified atom stereocenters. The summed E-state index contributed by atoms with van der Waals surface area (Å²) in [6.07, 6.45) is 2.95. The van der Waals surface area contributed by atoms with Crippen LogP contribution in [-0.4, -0.2) is 14.6 Å². The lowest BCUT2D eigenvalue weighted by atomic mass is 10.1. The lowest BCUT2D eigenvalue weighted by Gasteiger charge is -2.03. The minimum absolute atomic E-state index is 0.536. The zero-order chi connectivity index (χ0) is 10.1. The van der Waals surface area contributed by atoms with E-state index < -0.39 is 0 Å². The minimum atomic E-state index is 0.536. The largest absolute Gasteiger partial charge is 0.221 e. The maximum absolute atomic E-state index is 4.38. The molecule has 0 aliphatic rings. The average Bonchev–Trinajstić information content (AvgIpc) is 2.58. The zero-order valence-electron chi connectivity index (χ0n) is 8.86. The molecule has 74 valence electrons. The van der Waals surface area contributed by atoms with Gasteiger partial charge in [-0.05, 0) is 17.5 Å². The van der Waals surface area contributed by atoms with Gasteiger partial charge in [0.1, 0.15) is 0 Å². The van der Waals surface area contributed by atoms with Crippen molar-refractivity contribution in [1.29, 1.82) is 0 Å². The lowest BCUT2D eigenvalue weighted by molar-refractivity contribution is 0.824. The summed E-state index contributed by atoms with van der Waals surface area (Å²) in [4.78, 5) is 4.38. The van der Waals surface area contributed by atoms with Crippen LogP contribution in [0.5, 0.6) is 0 Å². The number of nitrogens with zero attached hydrogens (tertiary/aromatic N) is 3. The number of pyridine rings is 1. The van der Waals surface area contributed by atoms with Crippen molar-refractivity contribution in [2.24, 2.45) is 0 Å². The summed E-state index contributed by atoms with van der Waals surface area (Å²) in [7, 11) is 0. The Labute approximate surface area is 83.8 Å². The summed E-state index contributed by atoms with van der Waals surface area (Å²) < 4.78 is 1.87. The molecule has 2 aromatic rings. The van der Waals surface area contributed by atoms with Crippen LogP contribution < -0.4 is 0 Å². The van der Waals surface area contributed by atoms with Crippen molar-refractivity contribution in [3.05, 3.63) is 29.7 Å². The molecule has 3 heteroatoms. The predicted octanol–water partition coefficient (Wildman–Crippen LogP) is 2.42. The molecule has 0 fully saturated rings. The Morgan fingerprint density at radius 2 is 2.14 bits per heavy atom. The Kier molecular flexibility index (Phi) is 2.23. The third-order valence-corrected chi connectivity index (χ3v) is 2.38. The summed E-state index contributed by atoms with van der Waals surface area (Å²) in [6, 6.07) is 4.15. The van der Waals surface area contributed by atoms with E-state index in [0.717, 1.165) is 17.9 Å². The van der Waals surface area contributed by atoms with E-state index in [9.17, 15) is 0 Å². The van der Waals surface area contributed by atoms with Gasteiger partial charge in [0, 0.05) is 12.6 Å². The van der Waals surface area contributed by atoms with Gasteiger partial charge < -0.3 is 0 Å². The number of aryl methyl sites for hydroxylation is 1. The molecule has 0 aliphatic carbocycles. The highest BCUT2D eigenvalue weighted by Gasteiger charge is 2.04. The SMILES string of the molecule is CCc1nc2ccc(C(C)C)cn2n1. The van der Waals surface area contributed by atoms with Gasteiger partial charge in [-0.3, -0.25) is 0 Å². The van der Waals surface area contributed by atoms with Crippen LogP contribution in [0.1, 0.15) is 38.1 Å². The van der Waals surface area contributed by atoms with Crippen LogP contribution in [0, 0.1) is 0 Å². The summed E-state index contributed by atoms with van der Waals surface area (Å²) in [5.74, 6) is 1.44. The second kappa shape index (κ2) is 3.40. The first-order valence-corrected chi connectivity index (χ1v) is 5.06. The molecule has 0 amide bonds. The predicted molar refractivity (Wildman–Crippen MR) is 56.5 cm³/mol. The first kappa shape index (κ1) is 9.19. The molecule has 0 N–H and O–H groups in total. The van der Waals surface area contributed by atoms with Crippen molar-refractivity contribution in [2.45, 2.75) is 33.1 Å². The van der Waals surface area contributed by atoms with E-state index in [4.69, 9.17) is 0 Å². The molecule has 0 aliphatic heterocycles. The fraction of sp³-hybridized carbons (Fsp3) is 0.455. The van der Waals surface area contributed by atoms with Crippen LogP contribution in [0.25, 0.3) is 5.65 Å². The van der Waals surface area contributed by atoms with Gasteiger partial charge in [-0.2, -0.15) is 5.10 Å². The Hall–Kier alpha value is -1.38. The van der Waals surface area contributed by atoms with Crippen molar-refractivity contribution in [1.82, 2.24) is 14.6 Å². The van der Waals surface area contributed by atoms with E-state index in [-0.39, 0.29) is 0 Å². The summed E-state index contributed by atoms with van der Waals surface area (Å²) in [6.45, 7) is 6.43. The first-order valence-electron chi connectivity index (χ1n) is 5.06. The molecule has 0 aromatic carbocycles. The number of fused-ring (bicyclic) bond motifs is 1. The molecule has 2 heterocycles. The van der Waals surface area contributed by atoms with E-state index in [2.05, 4.69) is 43.1 Å². The normalized spacial score (nSPS) is 11.4. The van der Waals surface area contributed by atoms with Crippen molar-refractivity contribution < 1.29 is 0 Å². The standard InChI is InChI=1S/C11H15N3/c1-4-10-12-11-6-5-9(8(2)3)7-14(11)13-10/h5-8H,4H2,1-3H3. The maximum Gasteiger partial charge on any atom is 0.155 e. The number of rotatable bonds is 2. The quantitative estimate of drug-likeness (QED) is 0.726. The summed E-state index contributed by atoms with van der Waals surface area (Å²) in [5, 5.41) is 4.38. The van der Waals surface area contributed by atoms with Gasteiger partial charge in [0.15, 0.2) is 11.5 Å². The van der Waals surface area contributed by atoms with Crippen LogP contribution in [0.2, 0.25) is 0 Å². The molecule has 0 spiro atoms. The van der Waals surface area contributed by atoms with Crippen molar-refractivity contribution in [3.8, 4) is 0 Å². The third-order valence-electron chi connectivity index (χ3n) is 2.38. The highest BCUT2D eigenvalue weighted by atomic mass is 15.3. The van der Waals surface area contributed by atoms with E-state index >= 15 is 0 Å². The molecular weight excluding hydrogens is 174 g/mol. The summed E-state index contributed by atoms with van der Waals surface area (Å²) in [5.41, 5.74) is 2.23. The molecule has 0 saturated carbocycles. The molecule has 0 atom stereocenters. The van der Waals surface area contributed by atoms with E-state index in [1.807, 2.05) is 10.6 Å². The first-order chi connectivity index (χ1) is 6.70. The molecule has 0 saturated heterocycles. The van der Waals surface area contributed by atoms with E-state index in [1.54, 1.807) is 0 Å². The molecule has 0 radical (unpaired) electrons. The smallest absolute Gasteiger partial charge is 0.155 e. The molecule has 2 rings (SSSR count). The van der Waals surface area contributed by atoms with Crippen molar-refractivity contribution >= 4 is 5.65 Å². The monoisotopic (exact) mass is 189 g/mol. The highest BCUT2D eigenvalue weighted by molar-refractivity contribution is 5.39. The zero-order valence-corrected chi connectivity index (χ0v) is 8.86. The van der Waals surface area contributed by atoms with Gasteiger partial charge in [0.25, 0.3) is 0 Å². The molecule has 14 heavy (non-hydrogen) atoms. The van der Waals surface area contributed by atoms with Crippen LogP contribution in [-0.2, 0) is 6.42 Å². The summed E-state index contributed by atoms with van der Waals surface area (Å²) >= 11 is 0. The fourth-order valence-electron chi connectivity index (χ4n) is 1.44. The molecule has 2 aromatic heterocycles. The lowest BCUT2D eigenvalue weighted by Crippen LogP contribution is -1.93. The third kappa shape index (κ3) is 1.50.